The summed E-state index contributed by atoms with van der Waals surface area (Å²) in [5.41, 5.74) is 2.05. The molecule has 0 bridgehead atoms. The van der Waals surface area contributed by atoms with E-state index in [1.54, 1.807) is 18.3 Å². The first-order valence-electron chi connectivity index (χ1n) is 9.92. The fourth-order valence-corrected chi connectivity index (χ4v) is 3.63. The molecule has 1 atom stereocenters. The van der Waals surface area contributed by atoms with Crippen LogP contribution >= 0.6 is 0 Å². The highest BCUT2D eigenvalue weighted by atomic mass is 19.1. The summed E-state index contributed by atoms with van der Waals surface area (Å²) < 4.78 is 18.7. The van der Waals surface area contributed by atoms with E-state index in [-0.39, 0.29) is 17.8 Å². The summed E-state index contributed by atoms with van der Waals surface area (Å²) in [5.74, 6) is 0.807. The van der Waals surface area contributed by atoms with Gasteiger partial charge in [0.2, 0.25) is 5.91 Å². The van der Waals surface area contributed by atoms with Crippen molar-refractivity contribution in [2.75, 3.05) is 13.1 Å². The highest BCUT2D eigenvalue weighted by molar-refractivity contribution is 5.76. The van der Waals surface area contributed by atoms with Gasteiger partial charge in [0.05, 0.1) is 6.20 Å². The van der Waals surface area contributed by atoms with Crippen LogP contribution in [-0.4, -0.2) is 34.9 Å². The van der Waals surface area contributed by atoms with Crippen molar-refractivity contribution in [3.63, 3.8) is 0 Å². The molecular formula is C23H24FN3O2. The Bertz CT molecular complexity index is 940. The van der Waals surface area contributed by atoms with Crippen LogP contribution in [0.1, 0.15) is 24.3 Å². The number of carbonyl (C=O) groups excluding carboxylic acids is 1. The molecule has 5 nitrogen and oxygen atoms in total. The van der Waals surface area contributed by atoms with E-state index in [1.165, 1.54) is 17.7 Å². The van der Waals surface area contributed by atoms with Crippen LogP contribution in [0.4, 0.5) is 4.39 Å². The summed E-state index contributed by atoms with van der Waals surface area (Å²) in [6.45, 7) is 2.77. The van der Waals surface area contributed by atoms with Crippen LogP contribution in [0, 0.1) is 5.82 Å². The number of nitrogens with zero attached hydrogens (tertiary/aromatic N) is 2. The molecule has 150 valence electrons. The van der Waals surface area contributed by atoms with E-state index in [0.717, 1.165) is 31.6 Å². The van der Waals surface area contributed by atoms with E-state index in [1.807, 2.05) is 6.07 Å². The van der Waals surface area contributed by atoms with Gasteiger partial charge in [-0.15, -0.1) is 0 Å². The van der Waals surface area contributed by atoms with Gasteiger partial charge in [-0.3, -0.25) is 9.69 Å². The lowest BCUT2D eigenvalue weighted by atomic mass is 10.2. The van der Waals surface area contributed by atoms with Crippen molar-refractivity contribution in [3.05, 3.63) is 78.1 Å². The van der Waals surface area contributed by atoms with Gasteiger partial charge in [0.15, 0.2) is 11.7 Å². The maximum atomic E-state index is 13.0. The Labute approximate surface area is 169 Å². The number of oxazole rings is 1. The molecule has 1 saturated heterocycles. The van der Waals surface area contributed by atoms with Gasteiger partial charge in [-0.25, -0.2) is 9.37 Å². The normalized spacial score (nSPS) is 16.8. The van der Waals surface area contributed by atoms with Crippen molar-refractivity contribution in [1.82, 2.24) is 15.2 Å². The third-order valence-electron chi connectivity index (χ3n) is 5.13. The summed E-state index contributed by atoms with van der Waals surface area (Å²) >= 11 is 0. The highest BCUT2D eigenvalue weighted by Gasteiger charge is 2.23. The first-order valence-corrected chi connectivity index (χ1v) is 9.92. The molecular weight excluding hydrogens is 369 g/mol. The van der Waals surface area contributed by atoms with Gasteiger partial charge >= 0.3 is 0 Å². The third-order valence-corrected chi connectivity index (χ3v) is 5.13. The molecule has 3 aromatic rings. The molecule has 0 saturated carbocycles. The zero-order valence-electron chi connectivity index (χ0n) is 16.2. The van der Waals surface area contributed by atoms with E-state index in [0.29, 0.717) is 24.5 Å². The lowest BCUT2D eigenvalue weighted by Crippen LogP contribution is -2.37. The maximum absolute atomic E-state index is 13.0. The lowest BCUT2D eigenvalue weighted by molar-refractivity contribution is -0.121. The molecule has 29 heavy (non-hydrogen) atoms. The molecule has 1 aliphatic heterocycles. The Morgan fingerprint density at radius 2 is 1.97 bits per heavy atom. The van der Waals surface area contributed by atoms with Gasteiger partial charge in [-0.1, -0.05) is 30.3 Å². The Balaban J connectivity index is 1.22. The van der Waals surface area contributed by atoms with Gasteiger partial charge in [0, 0.05) is 44.1 Å². The summed E-state index contributed by atoms with van der Waals surface area (Å²) in [6, 6.07) is 16.6. The molecule has 1 unspecified atom stereocenters. The van der Waals surface area contributed by atoms with E-state index in [9.17, 15) is 9.18 Å². The Morgan fingerprint density at radius 3 is 2.76 bits per heavy atom. The summed E-state index contributed by atoms with van der Waals surface area (Å²) in [4.78, 5) is 18.9. The van der Waals surface area contributed by atoms with Gasteiger partial charge in [-0.2, -0.15) is 0 Å². The number of hydrogen-bond acceptors (Lipinski definition) is 4. The molecule has 2 aromatic carbocycles. The molecule has 1 fully saturated rings. The molecule has 1 aromatic heterocycles. The monoisotopic (exact) mass is 393 g/mol. The molecule has 6 heteroatoms. The van der Waals surface area contributed by atoms with Crippen LogP contribution in [0.15, 0.2) is 65.2 Å². The molecule has 1 N–H and O–H groups in total. The molecule has 1 amide bonds. The summed E-state index contributed by atoms with van der Waals surface area (Å²) in [5, 5.41) is 3.12. The van der Waals surface area contributed by atoms with Crippen molar-refractivity contribution in [2.24, 2.45) is 0 Å². The number of benzene rings is 2. The minimum absolute atomic E-state index is 0.0121. The molecule has 1 aliphatic rings. The maximum Gasteiger partial charge on any atom is 0.220 e. The van der Waals surface area contributed by atoms with Gasteiger partial charge < -0.3 is 9.73 Å². The molecule has 4 rings (SSSR count). The second-order valence-corrected chi connectivity index (χ2v) is 7.40. The Kier molecular flexibility index (Phi) is 6.00. The van der Waals surface area contributed by atoms with Crippen LogP contribution in [0.5, 0.6) is 0 Å². The van der Waals surface area contributed by atoms with Crippen LogP contribution in [-0.2, 0) is 17.8 Å². The molecule has 0 aliphatic carbocycles. The van der Waals surface area contributed by atoms with E-state index >= 15 is 0 Å². The Morgan fingerprint density at radius 1 is 1.17 bits per heavy atom. The second-order valence-electron chi connectivity index (χ2n) is 7.40. The van der Waals surface area contributed by atoms with Crippen molar-refractivity contribution in [2.45, 2.75) is 31.8 Å². The minimum atomic E-state index is -0.292. The van der Waals surface area contributed by atoms with Gasteiger partial charge in [0.25, 0.3) is 0 Å². The number of likely N-dealkylation sites (tertiary alicyclic amines) is 1. The summed E-state index contributed by atoms with van der Waals surface area (Å²) in [7, 11) is 0. The van der Waals surface area contributed by atoms with E-state index < -0.39 is 0 Å². The smallest absolute Gasteiger partial charge is 0.220 e. The Hall–Kier alpha value is -2.99. The molecule has 0 radical (unpaired) electrons. The topological polar surface area (TPSA) is 58.4 Å². The quantitative estimate of drug-likeness (QED) is 0.663. The van der Waals surface area contributed by atoms with Crippen molar-refractivity contribution < 1.29 is 13.6 Å². The average molecular weight is 393 g/mol. The number of hydrogen-bond donors (Lipinski definition) is 1. The third kappa shape index (κ3) is 5.29. The van der Waals surface area contributed by atoms with Crippen LogP contribution in [0.3, 0.4) is 0 Å². The van der Waals surface area contributed by atoms with Crippen LogP contribution in [0.25, 0.3) is 11.3 Å². The first-order chi connectivity index (χ1) is 14.2. The van der Waals surface area contributed by atoms with Gasteiger partial charge in [-0.05, 0) is 36.2 Å². The number of aromatic nitrogens is 1. The fraction of sp³-hybridized carbons (Fsp3) is 0.304. The van der Waals surface area contributed by atoms with Gasteiger partial charge in [0.1, 0.15) is 5.82 Å². The molecule has 0 spiro atoms. The summed E-state index contributed by atoms with van der Waals surface area (Å²) in [6.07, 6.45) is 3.34. The number of amides is 1. The predicted octanol–water partition coefficient (Wildman–Crippen LogP) is 3.80. The number of aryl methyl sites for hydroxylation is 1. The predicted molar refractivity (Wildman–Crippen MR) is 108 cm³/mol. The number of carbonyl (C=O) groups is 1. The van der Waals surface area contributed by atoms with E-state index in [2.05, 4.69) is 39.5 Å². The number of halogens is 1. The standard InChI is InChI=1S/C23H24FN3O2/c24-19-8-6-18(7-9-19)21-14-25-23(29-21)11-10-22(28)26-20-12-13-27(16-20)15-17-4-2-1-3-5-17/h1-9,14,20H,10-13,15-16H2,(H,26,28). The van der Waals surface area contributed by atoms with Crippen molar-refractivity contribution >= 4 is 5.91 Å². The minimum Gasteiger partial charge on any atom is -0.441 e. The number of rotatable bonds is 7. The second kappa shape index (κ2) is 9.01. The largest absolute Gasteiger partial charge is 0.441 e. The average Bonchev–Trinajstić information content (AvgIpc) is 3.37. The zero-order chi connectivity index (χ0) is 20.1. The van der Waals surface area contributed by atoms with E-state index in [4.69, 9.17) is 4.42 Å². The zero-order valence-corrected chi connectivity index (χ0v) is 16.2. The SMILES string of the molecule is O=C(CCc1ncc(-c2ccc(F)cc2)o1)NC1CCN(Cc2ccccc2)C1. The highest BCUT2D eigenvalue weighted by Crippen LogP contribution is 2.21. The molecule has 2 heterocycles. The van der Waals surface area contributed by atoms with Crippen molar-refractivity contribution in [1.29, 1.82) is 0 Å². The lowest BCUT2D eigenvalue weighted by Gasteiger charge is -2.16. The van der Waals surface area contributed by atoms with Crippen molar-refractivity contribution in [3.8, 4) is 11.3 Å². The van der Waals surface area contributed by atoms with Crippen LogP contribution in [0.2, 0.25) is 0 Å². The fourth-order valence-electron chi connectivity index (χ4n) is 3.63. The first kappa shape index (κ1) is 19.3. The van der Waals surface area contributed by atoms with Crippen LogP contribution < -0.4 is 5.32 Å². The number of nitrogens with one attached hydrogen (secondary N) is 1.